The largest absolute Gasteiger partial charge is 0.356 e. The van der Waals surface area contributed by atoms with Gasteiger partial charge in [-0.3, -0.25) is 0 Å². The van der Waals surface area contributed by atoms with E-state index in [9.17, 15) is 4.21 Å². The highest BCUT2D eigenvalue weighted by Gasteiger charge is 2.18. The summed E-state index contributed by atoms with van der Waals surface area (Å²) in [5.74, 6) is 0. The van der Waals surface area contributed by atoms with Gasteiger partial charge in [0.05, 0.1) is 4.75 Å². The third-order valence-corrected chi connectivity index (χ3v) is 4.75. The maximum atomic E-state index is 12.1. The normalized spacial score (nSPS) is 13.7. The summed E-state index contributed by atoms with van der Waals surface area (Å²) in [5, 5.41) is 5.14. The monoisotopic (exact) mass is 326 g/mol. The lowest BCUT2D eigenvalue weighted by Gasteiger charge is -2.12. The molecule has 0 bridgehead atoms. The zero-order chi connectivity index (χ0) is 16.4. The molecule has 23 heavy (non-hydrogen) atoms. The van der Waals surface area contributed by atoms with Crippen molar-refractivity contribution in [2.75, 3.05) is 0 Å². The molecule has 0 radical (unpaired) electrons. The number of aromatic nitrogens is 1. The second-order valence-electron chi connectivity index (χ2n) is 6.21. The van der Waals surface area contributed by atoms with E-state index in [1.807, 2.05) is 69.3 Å². The van der Waals surface area contributed by atoms with Crippen molar-refractivity contribution in [1.29, 1.82) is 0 Å². The lowest BCUT2D eigenvalue weighted by atomic mass is 10.0. The standard InChI is InChI=1S/C18H18N2O2S/c1-18(2,3)23(21)19-12-13-8-4-5-9-14(13)17-15-10-6-7-11-16(15)22-20-17/h4-12H,1-3H3/t23-/m0/s1. The molecule has 5 heteroatoms. The van der Waals surface area contributed by atoms with Gasteiger partial charge in [-0.1, -0.05) is 41.6 Å². The zero-order valence-electron chi connectivity index (χ0n) is 13.3. The first kappa shape index (κ1) is 15.6. The first-order chi connectivity index (χ1) is 11.0. The van der Waals surface area contributed by atoms with Gasteiger partial charge >= 0.3 is 0 Å². The van der Waals surface area contributed by atoms with Crippen LogP contribution in [0.5, 0.6) is 0 Å². The van der Waals surface area contributed by atoms with Gasteiger partial charge in [-0.05, 0) is 32.9 Å². The van der Waals surface area contributed by atoms with Gasteiger partial charge in [0.15, 0.2) is 5.58 Å². The number of para-hydroxylation sites is 1. The molecule has 0 N–H and O–H groups in total. The number of hydrogen-bond acceptors (Lipinski definition) is 3. The molecule has 3 aromatic rings. The molecule has 0 fully saturated rings. The number of rotatable bonds is 3. The molecular formula is C18H18N2O2S. The summed E-state index contributed by atoms with van der Waals surface area (Å²) in [7, 11) is -1.29. The third kappa shape index (κ3) is 3.24. The van der Waals surface area contributed by atoms with E-state index >= 15 is 0 Å². The van der Waals surface area contributed by atoms with Crippen LogP contribution in [0.3, 0.4) is 0 Å². The SMILES string of the molecule is CC(C)(C)[S@](=O)N=Cc1ccccc1-c1noc2ccccc12. The molecule has 1 atom stereocenters. The van der Waals surface area contributed by atoms with Crippen molar-refractivity contribution in [2.45, 2.75) is 25.5 Å². The van der Waals surface area contributed by atoms with Crippen molar-refractivity contribution in [1.82, 2.24) is 5.16 Å². The van der Waals surface area contributed by atoms with Gasteiger partial charge in [-0.2, -0.15) is 4.40 Å². The fourth-order valence-corrected chi connectivity index (χ4v) is 2.69. The molecule has 0 aliphatic carbocycles. The molecule has 118 valence electrons. The summed E-state index contributed by atoms with van der Waals surface area (Å²) in [5.41, 5.74) is 3.29. The number of fused-ring (bicyclic) bond motifs is 1. The molecule has 3 rings (SSSR count). The van der Waals surface area contributed by atoms with Gasteiger partial charge in [0.2, 0.25) is 0 Å². The van der Waals surface area contributed by atoms with Crippen molar-refractivity contribution >= 4 is 28.2 Å². The van der Waals surface area contributed by atoms with Gasteiger partial charge in [0.1, 0.15) is 16.7 Å². The lowest BCUT2D eigenvalue weighted by Crippen LogP contribution is -2.19. The Hall–Kier alpha value is -2.27. The number of hydrogen-bond donors (Lipinski definition) is 0. The minimum absolute atomic E-state index is 0.383. The van der Waals surface area contributed by atoms with Crippen LogP contribution in [0.1, 0.15) is 26.3 Å². The molecule has 2 aromatic carbocycles. The van der Waals surface area contributed by atoms with E-state index in [2.05, 4.69) is 9.55 Å². The smallest absolute Gasteiger partial charge is 0.167 e. The van der Waals surface area contributed by atoms with Crippen LogP contribution >= 0.6 is 0 Å². The van der Waals surface area contributed by atoms with Crippen LogP contribution in [0.25, 0.3) is 22.2 Å². The summed E-state index contributed by atoms with van der Waals surface area (Å²) in [4.78, 5) is 0. The summed E-state index contributed by atoms with van der Waals surface area (Å²) in [6, 6.07) is 15.5. The molecule has 0 saturated heterocycles. The second kappa shape index (κ2) is 6.08. The van der Waals surface area contributed by atoms with E-state index in [0.29, 0.717) is 0 Å². The molecule has 0 spiro atoms. The number of nitrogens with zero attached hydrogens (tertiary/aromatic N) is 2. The minimum Gasteiger partial charge on any atom is -0.356 e. The predicted octanol–water partition coefficient (Wildman–Crippen LogP) is 4.38. The van der Waals surface area contributed by atoms with E-state index in [0.717, 1.165) is 27.8 Å². The van der Waals surface area contributed by atoms with Gasteiger partial charge in [-0.15, -0.1) is 0 Å². The Kier molecular flexibility index (Phi) is 4.13. The van der Waals surface area contributed by atoms with E-state index in [4.69, 9.17) is 4.52 Å². The summed E-state index contributed by atoms with van der Waals surface area (Å²) in [6.07, 6.45) is 1.65. The molecule has 0 saturated carbocycles. The average Bonchev–Trinajstić information content (AvgIpc) is 2.96. The molecule has 1 heterocycles. The first-order valence-corrected chi connectivity index (χ1v) is 8.47. The highest BCUT2D eigenvalue weighted by molar-refractivity contribution is 7.85. The van der Waals surface area contributed by atoms with Gasteiger partial charge in [0.25, 0.3) is 0 Å². The Morgan fingerprint density at radius 1 is 1.09 bits per heavy atom. The second-order valence-corrected chi connectivity index (χ2v) is 8.14. The Balaban J connectivity index is 2.05. The topological polar surface area (TPSA) is 55.5 Å². The van der Waals surface area contributed by atoms with E-state index in [1.165, 1.54) is 0 Å². The Morgan fingerprint density at radius 3 is 2.57 bits per heavy atom. The summed E-state index contributed by atoms with van der Waals surface area (Å²) < 4.78 is 21.3. The molecule has 0 aliphatic heterocycles. The first-order valence-electron chi connectivity index (χ1n) is 7.37. The maximum Gasteiger partial charge on any atom is 0.167 e. The van der Waals surface area contributed by atoms with Crippen LogP contribution in [-0.4, -0.2) is 20.3 Å². The van der Waals surface area contributed by atoms with Crippen molar-refractivity contribution in [2.24, 2.45) is 4.40 Å². The van der Waals surface area contributed by atoms with Crippen molar-refractivity contribution in [3.8, 4) is 11.3 Å². The van der Waals surface area contributed by atoms with Gasteiger partial charge in [-0.25, -0.2) is 4.21 Å². The van der Waals surface area contributed by atoms with Crippen LogP contribution in [0.4, 0.5) is 0 Å². The maximum absolute atomic E-state index is 12.1. The third-order valence-electron chi connectivity index (χ3n) is 3.40. The number of benzene rings is 2. The Bertz CT molecular complexity index is 891. The van der Waals surface area contributed by atoms with E-state index < -0.39 is 11.0 Å². The summed E-state index contributed by atoms with van der Waals surface area (Å²) >= 11 is 0. The Labute approximate surface area is 137 Å². The average molecular weight is 326 g/mol. The van der Waals surface area contributed by atoms with Gasteiger partial charge in [0, 0.05) is 22.7 Å². The fraction of sp³-hybridized carbons (Fsp3) is 0.222. The van der Waals surface area contributed by atoms with Crippen LogP contribution in [-0.2, 0) is 11.0 Å². The van der Waals surface area contributed by atoms with E-state index in [-0.39, 0.29) is 4.75 Å². The molecule has 0 aliphatic rings. The lowest BCUT2D eigenvalue weighted by molar-refractivity contribution is 0.459. The minimum atomic E-state index is -1.29. The quantitative estimate of drug-likeness (QED) is 0.671. The molecule has 0 amide bonds. The van der Waals surface area contributed by atoms with Crippen LogP contribution in [0, 0.1) is 0 Å². The van der Waals surface area contributed by atoms with E-state index in [1.54, 1.807) is 6.21 Å². The highest BCUT2D eigenvalue weighted by atomic mass is 32.2. The molecule has 4 nitrogen and oxygen atoms in total. The van der Waals surface area contributed by atoms with Gasteiger partial charge < -0.3 is 4.52 Å². The molecular weight excluding hydrogens is 308 g/mol. The fourth-order valence-electron chi connectivity index (χ4n) is 2.17. The molecule has 0 unspecified atom stereocenters. The van der Waals surface area contributed by atoms with Crippen LogP contribution in [0.15, 0.2) is 57.5 Å². The Morgan fingerprint density at radius 2 is 1.78 bits per heavy atom. The van der Waals surface area contributed by atoms with Crippen molar-refractivity contribution in [3.63, 3.8) is 0 Å². The zero-order valence-corrected chi connectivity index (χ0v) is 14.1. The predicted molar refractivity (Wildman–Crippen MR) is 94.9 cm³/mol. The summed E-state index contributed by atoms with van der Waals surface area (Å²) in [6.45, 7) is 5.70. The van der Waals surface area contributed by atoms with Crippen molar-refractivity contribution < 1.29 is 8.73 Å². The van der Waals surface area contributed by atoms with Crippen molar-refractivity contribution in [3.05, 3.63) is 54.1 Å². The van der Waals surface area contributed by atoms with Crippen LogP contribution in [0.2, 0.25) is 0 Å². The highest BCUT2D eigenvalue weighted by Crippen LogP contribution is 2.29. The molecule has 1 aromatic heterocycles. The van der Waals surface area contributed by atoms with Crippen LogP contribution < -0.4 is 0 Å².